The van der Waals surface area contributed by atoms with Gasteiger partial charge in [-0.25, -0.2) is 14.8 Å². The van der Waals surface area contributed by atoms with Crippen LogP contribution in [0.2, 0.25) is 0 Å². The smallest absolute Gasteiger partial charge is 0.243 e. The Balaban J connectivity index is 2.07. The highest BCUT2D eigenvalue weighted by molar-refractivity contribution is 5.81. The molecule has 0 saturated carbocycles. The van der Waals surface area contributed by atoms with Crippen LogP contribution in [0.25, 0.3) is 11.4 Å². The van der Waals surface area contributed by atoms with Gasteiger partial charge in [0.2, 0.25) is 0 Å². The number of aromatic nitrogens is 6. The van der Waals surface area contributed by atoms with Crippen LogP contribution in [0.1, 0.15) is 26.6 Å². The van der Waals surface area contributed by atoms with Gasteiger partial charge in [-0.15, -0.1) is 5.10 Å². The van der Waals surface area contributed by atoms with Gasteiger partial charge in [-0.1, -0.05) is 51.1 Å². The Hall–Kier alpha value is -2.83. The first-order valence-electron chi connectivity index (χ1n) is 7.35. The molecule has 3 aromatic rings. The van der Waals surface area contributed by atoms with Gasteiger partial charge in [0.15, 0.2) is 11.6 Å². The van der Waals surface area contributed by atoms with Crippen molar-refractivity contribution < 1.29 is 4.79 Å². The molecule has 0 spiro atoms. The molecule has 2 heterocycles. The molecule has 118 valence electrons. The van der Waals surface area contributed by atoms with E-state index in [9.17, 15) is 4.79 Å². The zero-order valence-electron chi connectivity index (χ0n) is 13.3. The van der Waals surface area contributed by atoms with Crippen LogP contribution < -0.4 is 0 Å². The number of benzene rings is 1. The molecule has 0 unspecified atom stereocenters. The van der Waals surface area contributed by atoms with E-state index in [0.29, 0.717) is 18.1 Å². The van der Waals surface area contributed by atoms with E-state index in [1.165, 1.54) is 17.3 Å². The van der Waals surface area contributed by atoms with Crippen LogP contribution in [0, 0.1) is 5.41 Å². The van der Waals surface area contributed by atoms with E-state index in [1.807, 2.05) is 30.3 Å². The fraction of sp³-hybridized carbons (Fsp3) is 0.312. The number of hydrogen-bond acceptors (Lipinski definition) is 5. The van der Waals surface area contributed by atoms with Crippen LogP contribution in [0.3, 0.4) is 0 Å². The summed E-state index contributed by atoms with van der Waals surface area (Å²) < 4.78 is 2.42. The molecule has 3 rings (SSSR count). The summed E-state index contributed by atoms with van der Waals surface area (Å²) in [5.74, 6) is 1.13. The van der Waals surface area contributed by atoms with E-state index in [1.54, 1.807) is 0 Å². The zero-order chi connectivity index (χ0) is 16.4. The Labute approximate surface area is 134 Å². The number of rotatable bonds is 2. The van der Waals surface area contributed by atoms with Crippen molar-refractivity contribution in [3.8, 4) is 11.4 Å². The van der Waals surface area contributed by atoms with Gasteiger partial charge in [-0.2, -0.15) is 14.5 Å². The summed E-state index contributed by atoms with van der Waals surface area (Å²) in [6.45, 7) is 6.32. The fourth-order valence-corrected chi connectivity index (χ4v) is 2.22. The third-order valence-corrected chi connectivity index (χ3v) is 3.17. The molecule has 7 heteroatoms. The molecule has 0 amide bonds. The highest BCUT2D eigenvalue weighted by atomic mass is 16.2. The Morgan fingerprint density at radius 2 is 1.91 bits per heavy atom. The quantitative estimate of drug-likeness (QED) is 0.727. The van der Waals surface area contributed by atoms with Gasteiger partial charge in [0.1, 0.15) is 12.7 Å². The maximum atomic E-state index is 12.6. The van der Waals surface area contributed by atoms with E-state index >= 15 is 0 Å². The third-order valence-electron chi connectivity index (χ3n) is 3.17. The van der Waals surface area contributed by atoms with Crippen molar-refractivity contribution in [2.75, 3.05) is 0 Å². The molecule has 0 aliphatic rings. The first-order valence-corrected chi connectivity index (χ1v) is 7.35. The Kier molecular flexibility index (Phi) is 3.77. The van der Waals surface area contributed by atoms with E-state index in [0.717, 1.165) is 10.2 Å². The second-order valence-electron chi connectivity index (χ2n) is 6.49. The summed E-state index contributed by atoms with van der Waals surface area (Å²) in [6, 6.07) is 9.11. The van der Waals surface area contributed by atoms with Crippen LogP contribution in [-0.4, -0.2) is 35.6 Å². The van der Waals surface area contributed by atoms with Gasteiger partial charge >= 0.3 is 6.03 Å². The lowest BCUT2D eigenvalue weighted by Crippen LogP contribution is -2.22. The molecule has 0 atom stereocenters. The van der Waals surface area contributed by atoms with Crippen molar-refractivity contribution in [1.82, 2.24) is 29.5 Å². The van der Waals surface area contributed by atoms with Crippen molar-refractivity contribution >= 4 is 6.03 Å². The predicted octanol–water partition coefficient (Wildman–Crippen LogP) is 2.64. The first kappa shape index (κ1) is 15.1. The van der Waals surface area contributed by atoms with Gasteiger partial charge in [0.25, 0.3) is 0 Å². The minimum atomic E-state index is -0.408. The molecule has 0 bridgehead atoms. The van der Waals surface area contributed by atoms with E-state index < -0.39 is 6.03 Å². The molecule has 0 aliphatic carbocycles. The molecular formula is C16H18N6O. The van der Waals surface area contributed by atoms with Crippen molar-refractivity contribution in [1.29, 1.82) is 0 Å². The van der Waals surface area contributed by atoms with Gasteiger partial charge < -0.3 is 0 Å². The lowest BCUT2D eigenvalue weighted by molar-refractivity contribution is 0.238. The van der Waals surface area contributed by atoms with Gasteiger partial charge in [0.05, 0.1) is 0 Å². The van der Waals surface area contributed by atoms with Crippen molar-refractivity contribution in [2.24, 2.45) is 5.41 Å². The van der Waals surface area contributed by atoms with Crippen LogP contribution in [0.5, 0.6) is 0 Å². The van der Waals surface area contributed by atoms with Crippen molar-refractivity contribution in [3.63, 3.8) is 0 Å². The summed E-state index contributed by atoms with van der Waals surface area (Å²) in [4.78, 5) is 21.0. The molecule has 0 fully saturated rings. The van der Waals surface area contributed by atoms with Gasteiger partial charge in [-0.05, 0) is 5.41 Å². The second kappa shape index (κ2) is 5.75. The normalized spacial score (nSPS) is 11.6. The number of carbonyl (C=O) groups excluding carboxylic acids is 1. The molecule has 1 aromatic carbocycles. The summed E-state index contributed by atoms with van der Waals surface area (Å²) in [5, 5.41) is 8.27. The molecule has 0 radical (unpaired) electrons. The summed E-state index contributed by atoms with van der Waals surface area (Å²) in [7, 11) is 0. The zero-order valence-corrected chi connectivity index (χ0v) is 13.3. The average molecular weight is 310 g/mol. The minimum Gasteiger partial charge on any atom is -0.243 e. The number of nitrogens with zero attached hydrogens (tertiary/aromatic N) is 6. The molecule has 0 N–H and O–H groups in total. The average Bonchev–Trinajstić information content (AvgIpc) is 3.15. The highest BCUT2D eigenvalue weighted by Crippen LogP contribution is 2.22. The monoisotopic (exact) mass is 310 g/mol. The Bertz CT molecular complexity index is 799. The van der Waals surface area contributed by atoms with E-state index in [4.69, 9.17) is 0 Å². The van der Waals surface area contributed by atoms with Gasteiger partial charge in [0, 0.05) is 12.0 Å². The second-order valence-corrected chi connectivity index (χ2v) is 6.49. The Morgan fingerprint density at radius 1 is 1.17 bits per heavy atom. The van der Waals surface area contributed by atoms with Crippen molar-refractivity contribution in [2.45, 2.75) is 27.2 Å². The molecule has 2 aromatic heterocycles. The first-order chi connectivity index (χ1) is 10.9. The fourth-order valence-electron chi connectivity index (χ4n) is 2.22. The number of hydrogen-bond donors (Lipinski definition) is 0. The molecule has 0 aliphatic heterocycles. The van der Waals surface area contributed by atoms with E-state index in [2.05, 4.69) is 40.9 Å². The Morgan fingerprint density at radius 3 is 2.52 bits per heavy atom. The van der Waals surface area contributed by atoms with Crippen LogP contribution in [0.4, 0.5) is 4.79 Å². The largest absolute Gasteiger partial charge is 0.372 e. The van der Waals surface area contributed by atoms with Crippen LogP contribution in [0.15, 0.2) is 43.0 Å². The maximum Gasteiger partial charge on any atom is 0.372 e. The lowest BCUT2D eigenvalue weighted by atomic mass is 9.92. The maximum absolute atomic E-state index is 12.6. The molecule has 7 nitrogen and oxygen atoms in total. The summed E-state index contributed by atoms with van der Waals surface area (Å²) >= 11 is 0. The lowest BCUT2D eigenvalue weighted by Gasteiger charge is -2.14. The summed E-state index contributed by atoms with van der Waals surface area (Å²) in [5.41, 5.74) is 0.852. The van der Waals surface area contributed by atoms with Gasteiger partial charge in [-0.3, -0.25) is 0 Å². The summed E-state index contributed by atoms with van der Waals surface area (Å²) in [6.07, 6.45) is 3.33. The van der Waals surface area contributed by atoms with Crippen LogP contribution in [-0.2, 0) is 6.42 Å². The topological polar surface area (TPSA) is 78.5 Å². The van der Waals surface area contributed by atoms with Crippen LogP contribution >= 0.6 is 0 Å². The predicted molar refractivity (Wildman–Crippen MR) is 84.8 cm³/mol. The van der Waals surface area contributed by atoms with Crippen molar-refractivity contribution in [3.05, 3.63) is 48.8 Å². The molecule has 23 heavy (non-hydrogen) atoms. The molecular weight excluding hydrogens is 292 g/mol. The van der Waals surface area contributed by atoms with E-state index in [-0.39, 0.29) is 5.41 Å². The SMILES string of the molecule is CC(C)(C)Cc1nc(-c2ccccc2)n(C(=O)n2cncn2)n1. The third kappa shape index (κ3) is 3.33. The number of carbonyl (C=O) groups is 1. The highest BCUT2D eigenvalue weighted by Gasteiger charge is 2.22. The standard InChI is InChI=1S/C16H18N6O/c1-16(2,3)9-13-19-14(12-7-5-4-6-8-12)22(20-13)15(23)21-11-17-10-18-21/h4-8,10-11H,9H2,1-3H3. The molecule has 0 saturated heterocycles. The minimum absolute atomic E-state index is 0.0243.